The number of benzene rings is 1. The first kappa shape index (κ1) is 16.6. The van der Waals surface area contributed by atoms with E-state index in [2.05, 4.69) is 9.97 Å². The molecule has 0 saturated carbocycles. The van der Waals surface area contributed by atoms with Crippen LogP contribution in [-0.4, -0.2) is 29.2 Å². The van der Waals surface area contributed by atoms with Gasteiger partial charge in [0.2, 0.25) is 0 Å². The third-order valence-electron chi connectivity index (χ3n) is 4.87. The number of carbonyl (C=O) groups is 1. The number of nitrogens with one attached hydrogen (secondary N) is 1. The molecule has 5 heteroatoms. The van der Waals surface area contributed by atoms with E-state index < -0.39 is 0 Å². The maximum atomic E-state index is 12.1. The van der Waals surface area contributed by atoms with Crippen molar-refractivity contribution in [2.24, 2.45) is 0 Å². The number of rotatable bonds is 5. The predicted octanol–water partition coefficient (Wildman–Crippen LogP) is 4.24. The topological polar surface area (TPSA) is 64.2 Å². The minimum absolute atomic E-state index is 0.296. The third kappa shape index (κ3) is 3.17. The SMILES string of the molecule is CCOC(=O)c1cc2c3c([nH]c2cn1)CCCC3COc1ccccc1. The molecule has 0 aliphatic heterocycles. The molecule has 2 heterocycles. The van der Waals surface area contributed by atoms with Gasteiger partial charge >= 0.3 is 5.97 Å². The molecule has 0 amide bonds. The van der Waals surface area contributed by atoms with Crippen LogP contribution in [0.4, 0.5) is 0 Å². The number of ether oxygens (including phenoxy) is 2. The average molecular weight is 350 g/mol. The third-order valence-corrected chi connectivity index (χ3v) is 4.87. The molecule has 0 fully saturated rings. The molecule has 1 aliphatic carbocycles. The Morgan fingerprint density at radius 3 is 2.96 bits per heavy atom. The second-order valence-electron chi connectivity index (χ2n) is 6.57. The van der Waals surface area contributed by atoms with Crippen molar-refractivity contribution in [1.29, 1.82) is 0 Å². The molecule has 1 N–H and O–H groups in total. The Kier molecular flexibility index (Phi) is 4.61. The Labute approximate surface area is 152 Å². The highest BCUT2D eigenvalue weighted by molar-refractivity contribution is 5.94. The number of para-hydroxylation sites is 1. The lowest BCUT2D eigenvalue weighted by atomic mass is 9.85. The summed E-state index contributed by atoms with van der Waals surface area (Å²) in [6, 6.07) is 11.7. The minimum atomic E-state index is -0.378. The van der Waals surface area contributed by atoms with Crippen LogP contribution in [0.3, 0.4) is 0 Å². The number of pyridine rings is 1. The van der Waals surface area contributed by atoms with Crippen molar-refractivity contribution in [3.63, 3.8) is 0 Å². The second-order valence-corrected chi connectivity index (χ2v) is 6.57. The fourth-order valence-electron chi connectivity index (χ4n) is 3.70. The van der Waals surface area contributed by atoms with Crippen LogP contribution < -0.4 is 4.74 Å². The fraction of sp³-hybridized carbons (Fsp3) is 0.333. The maximum Gasteiger partial charge on any atom is 0.356 e. The molecule has 134 valence electrons. The van der Waals surface area contributed by atoms with E-state index in [0.29, 0.717) is 24.8 Å². The highest BCUT2D eigenvalue weighted by Gasteiger charge is 2.26. The summed E-state index contributed by atoms with van der Waals surface area (Å²) >= 11 is 0. The van der Waals surface area contributed by atoms with Gasteiger partial charge in [-0.3, -0.25) is 0 Å². The van der Waals surface area contributed by atoms with Crippen molar-refractivity contribution in [3.05, 3.63) is 59.5 Å². The number of carbonyl (C=O) groups excluding carboxylic acids is 1. The normalized spacial score (nSPS) is 16.3. The number of fused-ring (bicyclic) bond motifs is 3. The van der Waals surface area contributed by atoms with Gasteiger partial charge in [-0.1, -0.05) is 18.2 Å². The largest absolute Gasteiger partial charge is 0.493 e. The van der Waals surface area contributed by atoms with Crippen molar-refractivity contribution < 1.29 is 14.3 Å². The van der Waals surface area contributed by atoms with Crippen LogP contribution in [-0.2, 0) is 11.2 Å². The summed E-state index contributed by atoms with van der Waals surface area (Å²) < 4.78 is 11.1. The summed E-state index contributed by atoms with van der Waals surface area (Å²) in [5.74, 6) is 0.802. The number of nitrogens with zero attached hydrogens (tertiary/aromatic N) is 1. The summed E-state index contributed by atoms with van der Waals surface area (Å²) in [6.07, 6.45) is 4.94. The first-order valence-corrected chi connectivity index (χ1v) is 9.11. The molecule has 2 aromatic heterocycles. The molecular formula is C21H22N2O3. The second kappa shape index (κ2) is 7.20. The van der Waals surface area contributed by atoms with Crippen molar-refractivity contribution in [3.8, 4) is 5.75 Å². The minimum Gasteiger partial charge on any atom is -0.493 e. The number of hydrogen-bond donors (Lipinski definition) is 1. The van der Waals surface area contributed by atoms with Crippen molar-refractivity contribution in [1.82, 2.24) is 9.97 Å². The summed E-state index contributed by atoms with van der Waals surface area (Å²) in [5, 5.41) is 1.06. The Morgan fingerprint density at radius 1 is 1.31 bits per heavy atom. The van der Waals surface area contributed by atoms with Crippen molar-refractivity contribution in [2.45, 2.75) is 32.1 Å². The van der Waals surface area contributed by atoms with Crippen molar-refractivity contribution in [2.75, 3.05) is 13.2 Å². The predicted molar refractivity (Wildman–Crippen MR) is 99.7 cm³/mol. The lowest BCUT2D eigenvalue weighted by Crippen LogP contribution is -2.16. The number of hydrogen-bond acceptors (Lipinski definition) is 4. The summed E-state index contributed by atoms with van der Waals surface area (Å²) in [6.45, 7) is 2.77. The molecule has 0 radical (unpaired) electrons. The molecule has 0 spiro atoms. The van der Waals surface area contributed by atoms with Gasteiger partial charge in [0.15, 0.2) is 0 Å². The van der Waals surface area contributed by atoms with E-state index in [1.54, 1.807) is 13.1 Å². The number of aromatic amines is 1. The van der Waals surface area contributed by atoms with E-state index in [9.17, 15) is 4.79 Å². The zero-order chi connectivity index (χ0) is 17.9. The number of H-pyrrole nitrogens is 1. The lowest BCUT2D eigenvalue weighted by Gasteiger charge is -2.23. The van der Waals surface area contributed by atoms with Crippen LogP contribution in [0, 0.1) is 0 Å². The van der Waals surface area contributed by atoms with Gasteiger partial charge < -0.3 is 14.5 Å². The molecule has 26 heavy (non-hydrogen) atoms. The molecule has 0 saturated heterocycles. The molecule has 4 rings (SSSR count). The summed E-state index contributed by atoms with van der Waals surface area (Å²) in [5.41, 5.74) is 3.81. The van der Waals surface area contributed by atoms with Gasteiger partial charge in [-0.2, -0.15) is 0 Å². The first-order valence-electron chi connectivity index (χ1n) is 9.11. The Morgan fingerprint density at radius 2 is 2.15 bits per heavy atom. The van der Waals surface area contributed by atoms with E-state index >= 15 is 0 Å². The molecule has 1 aliphatic rings. The molecule has 1 unspecified atom stereocenters. The summed E-state index contributed by atoms with van der Waals surface area (Å²) in [4.78, 5) is 19.8. The quantitative estimate of drug-likeness (QED) is 0.699. The van der Waals surface area contributed by atoms with Gasteiger partial charge in [0.25, 0.3) is 0 Å². The van der Waals surface area contributed by atoms with Gasteiger partial charge in [0.05, 0.1) is 24.9 Å². The van der Waals surface area contributed by atoms with Crippen molar-refractivity contribution >= 4 is 16.9 Å². The number of aromatic nitrogens is 2. The number of esters is 1. The van der Waals surface area contributed by atoms with E-state index in [1.807, 2.05) is 36.4 Å². The highest BCUT2D eigenvalue weighted by atomic mass is 16.5. The molecule has 3 aromatic rings. The van der Waals surface area contributed by atoms with Gasteiger partial charge in [-0.25, -0.2) is 9.78 Å². The maximum absolute atomic E-state index is 12.1. The van der Waals surface area contributed by atoms with Gasteiger partial charge in [0.1, 0.15) is 11.4 Å². The summed E-state index contributed by atoms with van der Waals surface area (Å²) in [7, 11) is 0. The Bertz CT molecular complexity index is 918. The Hall–Kier alpha value is -2.82. The monoisotopic (exact) mass is 350 g/mol. The standard InChI is InChI=1S/C21H22N2O3/c1-2-25-21(24)18-11-16-19(12-22-18)23-17-10-6-7-14(20(16)17)13-26-15-8-4-3-5-9-15/h3-5,8-9,11-12,14,23H,2,6-7,10,13H2,1H3. The zero-order valence-electron chi connectivity index (χ0n) is 14.8. The molecule has 0 bridgehead atoms. The van der Waals surface area contributed by atoms with E-state index in [1.165, 1.54) is 11.3 Å². The van der Waals surface area contributed by atoms with E-state index in [-0.39, 0.29) is 5.97 Å². The van der Waals surface area contributed by atoms with Gasteiger partial charge in [-0.15, -0.1) is 0 Å². The van der Waals surface area contributed by atoms with Crippen LogP contribution in [0.25, 0.3) is 10.9 Å². The highest BCUT2D eigenvalue weighted by Crippen LogP contribution is 2.37. The van der Waals surface area contributed by atoms with Crippen LogP contribution in [0.15, 0.2) is 42.6 Å². The van der Waals surface area contributed by atoms with E-state index in [0.717, 1.165) is 35.9 Å². The average Bonchev–Trinajstić information content (AvgIpc) is 3.05. The first-order chi connectivity index (χ1) is 12.8. The fourth-order valence-corrected chi connectivity index (χ4v) is 3.70. The smallest absolute Gasteiger partial charge is 0.356 e. The molecular weight excluding hydrogens is 328 g/mol. The molecule has 1 atom stereocenters. The van der Waals surface area contributed by atoms with Gasteiger partial charge in [-0.05, 0) is 49.9 Å². The molecule has 5 nitrogen and oxygen atoms in total. The van der Waals surface area contributed by atoms with Crippen LogP contribution >= 0.6 is 0 Å². The number of aryl methyl sites for hydroxylation is 1. The molecule has 1 aromatic carbocycles. The Balaban J connectivity index is 1.65. The van der Waals surface area contributed by atoms with Crippen LogP contribution in [0.5, 0.6) is 5.75 Å². The van der Waals surface area contributed by atoms with Gasteiger partial charge in [0, 0.05) is 17.0 Å². The van der Waals surface area contributed by atoms with Crippen LogP contribution in [0.1, 0.15) is 47.4 Å². The van der Waals surface area contributed by atoms with Crippen LogP contribution in [0.2, 0.25) is 0 Å². The van der Waals surface area contributed by atoms with E-state index in [4.69, 9.17) is 9.47 Å². The lowest BCUT2D eigenvalue weighted by molar-refractivity contribution is 0.0519. The zero-order valence-corrected chi connectivity index (χ0v) is 14.8.